The molecular weight excluding hydrogens is 388 g/mol. The normalized spacial score (nSPS) is 18.0. The maximum atomic E-state index is 6.60. The van der Waals surface area contributed by atoms with Crippen LogP contribution in [-0.2, 0) is 10.5 Å². The molecular formula is C18H19ClN4OS2. The standard InChI is InChI=1S/C18H19ClN4OS2/c19-16-13-3-1-2-4-14(13)26-15(16)11-25-18-21-20-17(23(18)12-5-6-12)22-7-9-24-10-8-22/h1-4,12H,5-11H2. The third-order valence-corrected chi connectivity index (χ3v) is 7.65. The zero-order chi connectivity index (χ0) is 17.5. The lowest BCUT2D eigenvalue weighted by Crippen LogP contribution is -2.38. The van der Waals surface area contributed by atoms with E-state index in [0.717, 1.165) is 53.6 Å². The van der Waals surface area contributed by atoms with Gasteiger partial charge < -0.3 is 9.64 Å². The van der Waals surface area contributed by atoms with Crippen molar-refractivity contribution >= 4 is 50.7 Å². The molecule has 0 bridgehead atoms. The second-order valence-electron chi connectivity index (χ2n) is 6.61. The Labute approximate surface area is 165 Å². The summed E-state index contributed by atoms with van der Waals surface area (Å²) in [6.45, 7) is 3.30. The number of rotatable bonds is 5. The van der Waals surface area contributed by atoms with Crippen molar-refractivity contribution in [1.82, 2.24) is 14.8 Å². The molecule has 0 N–H and O–H groups in total. The van der Waals surface area contributed by atoms with Gasteiger partial charge in [-0.3, -0.25) is 4.57 Å². The number of thiophene rings is 1. The molecule has 26 heavy (non-hydrogen) atoms. The summed E-state index contributed by atoms with van der Waals surface area (Å²) in [4.78, 5) is 3.50. The average Bonchev–Trinajstić information content (AvgIpc) is 3.36. The molecule has 2 fully saturated rings. The minimum Gasteiger partial charge on any atom is -0.378 e. The van der Waals surface area contributed by atoms with Crippen LogP contribution in [0.15, 0.2) is 29.4 Å². The molecule has 1 saturated heterocycles. The first-order valence-electron chi connectivity index (χ1n) is 8.87. The van der Waals surface area contributed by atoms with Crippen molar-refractivity contribution in [3.63, 3.8) is 0 Å². The van der Waals surface area contributed by atoms with Crippen molar-refractivity contribution in [3.8, 4) is 0 Å². The first-order chi connectivity index (χ1) is 12.8. The van der Waals surface area contributed by atoms with Crippen molar-refractivity contribution in [2.75, 3.05) is 31.2 Å². The number of ether oxygens (including phenoxy) is 1. The largest absolute Gasteiger partial charge is 0.378 e. The van der Waals surface area contributed by atoms with E-state index < -0.39 is 0 Å². The second-order valence-corrected chi connectivity index (χ2v) is 9.06. The van der Waals surface area contributed by atoms with Crippen molar-refractivity contribution in [2.45, 2.75) is 29.8 Å². The Morgan fingerprint density at radius 3 is 2.77 bits per heavy atom. The Hall–Kier alpha value is -1.28. The molecule has 0 radical (unpaired) electrons. The van der Waals surface area contributed by atoms with Gasteiger partial charge in [0.1, 0.15) is 0 Å². The van der Waals surface area contributed by atoms with Crippen molar-refractivity contribution in [3.05, 3.63) is 34.2 Å². The van der Waals surface area contributed by atoms with Gasteiger partial charge in [0.05, 0.1) is 18.2 Å². The van der Waals surface area contributed by atoms with Gasteiger partial charge in [0.15, 0.2) is 5.16 Å². The molecule has 1 aliphatic carbocycles. The molecule has 1 saturated carbocycles. The number of benzene rings is 1. The summed E-state index contributed by atoms with van der Waals surface area (Å²) in [7, 11) is 0. The fourth-order valence-electron chi connectivity index (χ4n) is 3.29. The fourth-order valence-corrected chi connectivity index (χ4v) is 5.95. The molecule has 1 aliphatic heterocycles. The zero-order valence-electron chi connectivity index (χ0n) is 14.2. The molecule has 3 aromatic rings. The Kier molecular flexibility index (Phi) is 4.56. The number of hydrogen-bond donors (Lipinski definition) is 0. The van der Waals surface area contributed by atoms with Crippen LogP contribution in [0.5, 0.6) is 0 Å². The van der Waals surface area contributed by atoms with E-state index in [9.17, 15) is 0 Å². The SMILES string of the molecule is Clc1c(CSc2nnc(N3CCOCC3)n2C2CC2)sc2ccccc12. The molecule has 136 valence electrons. The molecule has 5 nitrogen and oxygen atoms in total. The summed E-state index contributed by atoms with van der Waals surface area (Å²) in [5.74, 6) is 1.83. The number of thioether (sulfide) groups is 1. The highest BCUT2D eigenvalue weighted by Gasteiger charge is 2.32. The highest BCUT2D eigenvalue weighted by atomic mass is 35.5. The van der Waals surface area contributed by atoms with Gasteiger partial charge in [-0.15, -0.1) is 21.5 Å². The summed E-state index contributed by atoms with van der Waals surface area (Å²) >= 11 is 10.1. The molecule has 0 amide bonds. The molecule has 5 rings (SSSR count). The Balaban J connectivity index is 1.40. The first kappa shape index (κ1) is 16.9. The van der Waals surface area contributed by atoms with E-state index in [2.05, 4.69) is 37.9 Å². The maximum Gasteiger partial charge on any atom is 0.228 e. The number of halogens is 1. The van der Waals surface area contributed by atoms with Crippen LogP contribution in [-0.4, -0.2) is 41.1 Å². The lowest BCUT2D eigenvalue weighted by molar-refractivity contribution is 0.121. The van der Waals surface area contributed by atoms with E-state index in [4.69, 9.17) is 16.3 Å². The van der Waals surface area contributed by atoms with Gasteiger partial charge in [-0.1, -0.05) is 41.6 Å². The summed E-state index contributed by atoms with van der Waals surface area (Å²) in [5.41, 5.74) is 0. The van der Waals surface area contributed by atoms with Crippen LogP contribution < -0.4 is 4.90 Å². The third-order valence-electron chi connectivity index (χ3n) is 4.79. The van der Waals surface area contributed by atoms with E-state index in [0.29, 0.717) is 6.04 Å². The van der Waals surface area contributed by atoms with Crippen molar-refractivity contribution < 1.29 is 4.74 Å². The molecule has 3 heterocycles. The topological polar surface area (TPSA) is 43.2 Å². The molecule has 1 aromatic carbocycles. The van der Waals surface area contributed by atoms with Crippen molar-refractivity contribution in [2.24, 2.45) is 0 Å². The van der Waals surface area contributed by atoms with Crippen LogP contribution >= 0.6 is 34.7 Å². The highest BCUT2D eigenvalue weighted by molar-refractivity contribution is 7.98. The summed E-state index contributed by atoms with van der Waals surface area (Å²) < 4.78 is 9.05. The number of fused-ring (bicyclic) bond motifs is 1. The van der Waals surface area contributed by atoms with E-state index in [1.807, 2.05) is 6.07 Å². The van der Waals surface area contributed by atoms with E-state index >= 15 is 0 Å². The Morgan fingerprint density at radius 1 is 1.19 bits per heavy atom. The molecule has 2 aliphatic rings. The van der Waals surface area contributed by atoms with Crippen LogP contribution in [0.3, 0.4) is 0 Å². The van der Waals surface area contributed by atoms with Gasteiger partial charge in [-0.2, -0.15) is 0 Å². The van der Waals surface area contributed by atoms with Gasteiger partial charge in [0.25, 0.3) is 0 Å². The lowest BCUT2D eigenvalue weighted by atomic mass is 10.2. The average molecular weight is 407 g/mol. The number of morpholine rings is 1. The number of nitrogens with zero attached hydrogens (tertiary/aromatic N) is 4. The van der Waals surface area contributed by atoms with Gasteiger partial charge in [-0.05, 0) is 18.9 Å². The molecule has 0 atom stereocenters. The third kappa shape index (κ3) is 3.11. The summed E-state index contributed by atoms with van der Waals surface area (Å²) in [6.07, 6.45) is 2.43. The molecule has 8 heteroatoms. The van der Waals surface area contributed by atoms with Crippen LogP contribution in [0, 0.1) is 0 Å². The zero-order valence-corrected chi connectivity index (χ0v) is 16.6. The Morgan fingerprint density at radius 2 is 2.00 bits per heavy atom. The summed E-state index contributed by atoms with van der Waals surface area (Å²) in [6, 6.07) is 8.86. The monoisotopic (exact) mass is 406 g/mol. The lowest BCUT2D eigenvalue weighted by Gasteiger charge is -2.27. The van der Waals surface area contributed by atoms with Crippen molar-refractivity contribution in [1.29, 1.82) is 0 Å². The highest BCUT2D eigenvalue weighted by Crippen LogP contribution is 2.43. The smallest absolute Gasteiger partial charge is 0.228 e. The fraction of sp³-hybridized carbons (Fsp3) is 0.444. The number of anilines is 1. The number of aromatic nitrogens is 3. The molecule has 0 unspecified atom stereocenters. The number of hydrogen-bond acceptors (Lipinski definition) is 6. The van der Waals surface area contributed by atoms with Crippen LogP contribution in [0.1, 0.15) is 23.8 Å². The summed E-state index contributed by atoms with van der Waals surface area (Å²) in [5, 5.41) is 12.0. The Bertz CT molecular complexity index is 931. The van der Waals surface area contributed by atoms with Gasteiger partial charge in [-0.25, -0.2) is 0 Å². The predicted molar refractivity (Wildman–Crippen MR) is 108 cm³/mol. The quantitative estimate of drug-likeness (QED) is 0.579. The maximum absolute atomic E-state index is 6.60. The minimum absolute atomic E-state index is 0.545. The van der Waals surface area contributed by atoms with E-state index in [1.54, 1.807) is 23.1 Å². The van der Waals surface area contributed by atoms with Gasteiger partial charge >= 0.3 is 0 Å². The van der Waals surface area contributed by atoms with Gasteiger partial charge in [0.2, 0.25) is 5.95 Å². The second kappa shape index (κ2) is 7.03. The minimum atomic E-state index is 0.545. The first-order valence-corrected chi connectivity index (χ1v) is 11.1. The van der Waals surface area contributed by atoms with E-state index in [-0.39, 0.29) is 0 Å². The van der Waals surface area contributed by atoms with E-state index in [1.165, 1.54) is 22.4 Å². The van der Waals surface area contributed by atoms with Crippen LogP contribution in [0.25, 0.3) is 10.1 Å². The van der Waals surface area contributed by atoms with Crippen LogP contribution in [0.4, 0.5) is 5.95 Å². The molecule has 2 aromatic heterocycles. The van der Waals surface area contributed by atoms with Gasteiger partial charge in [0, 0.05) is 39.8 Å². The molecule has 0 spiro atoms. The van der Waals surface area contributed by atoms with Crippen LogP contribution in [0.2, 0.25) is 5.02 Å². The predicted octanol–water partition coefficient (Wildman–Crippen LogP) is 4.61.